The Bertz CT molecular complexity index is 936. The smallest absolute Gasteiger partial charge is 0.335 e. The minimum atomic E-state index is -4.23. The number of carboxylic acid groups (broad SMARTS) is 1. The minimum Gasteiger partial charge on any atom is -0.478 e. The van der Waals surface area contributed by atoms with E-state index in [0.717, 1.165) is 28.1 Å². The van der Waals surface area contributed by atoms with Gasteiger partial charge in [0.15, 0.2) is 4.90 Å². The summed E-state index contributed by atoms with van der Waals surface area (Å²) in [6.45, 7) is 1.86. The van der Waals surface area contributed by atoms with Gasteiger partial charge in [-0.15, -0.1) is 0 Å². The molecule has 3 rings (SSSR count). The number of aromatic carboxylic acids is 1. The third-order valence-corrected chi connectivity index (χ3v) is 6.72. The van der Waals surface area contributed by atoms with Crippen LogP contribution in [-0.2, 0) is 16.4 Å². The van der Waals surface area contributed by atoms with Crippen molar-refractivity contribution >= 4 is 16.0 Å². The zero-order valence-electron chi connectivity index (χ0n) is 15.0. The molecule has 0 aromatic heterocycles. The Morgan fingerprint density at radius 3 is 2.07 bits per heavy atom. The van der Waals surface area contributed by atoms with Crippen LogP contribution in [0.3, 0.4) is 0 Å². The van der Waals surface area contributed by atoms with Gasteiger partial charge in [0.1, 0.15) is 11.6 Å². The standard InChI is InChI=1S/C19H20F2N2O4S/c20-16-2-1-3-17(21)18(16)28(26,27)23-12-10-22(11-13-23)9-8-14-4-6-15(7-5-14)19(24)25/h1-7H,8-13H2,(H,24,25). The fraction of sp³-hybridized carbons (Fsp3) is 0.316. The predicted octanol–water partition coefficient (Wildman–Crippen LogP) is 2.21. The van der Waals surface area contributed by atoms with Gasteiger partial charge in [-0.2, -0.15) is 4.31 Å². The van der Waals surface area contributed by atoms with Gasteiger partial charge in [0.25, 0.3) is 0 Å². The number of rotatable bonds is 6. The molecule has 1 fully saturated rings. The Kier molecular flexibility index (Phi) is 6.07. The first-order valence-electron chi connectivity index (χ1n) is 8.78. The van der Waals surface area contributed by atoms with Crippen LogP contribution >= 0.6 is 0 Å². The highest BCUT2D eigenvalue weighted by Gasteiger charge is 2.32. The van der Waals surface area contributed by atoms with E-state index in [2.05, 4.69) is 4.90 Å². The first-order chi connectivity index (χ1) is 13.3. The summed E-state index contributed by atoms with van der Waals surface area (Å²) in [5.41, 5.74) is 1.21. The number of halogens is 2. The van der Waals surface area contributed by atoms with Crippen molar-refractivity contribution in [2.24, 2.45) is 0 Å². The van der Waals surface area contributed by atoms with Crippen LogP contribution < -0.4 is 0 Å². The molecule has 9 heteroatoms. The van der Waals surface area contributed by atoms with Gasteiger partial charge >= 0.3 is 5.97 Å². The molecule has 1 saturated heterocycles. The lowest BCUT2D eigenvalue weighted by molar-refractivity contribution is 0.0697. The summed E-state index contributed by atoms with van der Waals surface area (Å²) in [6, 6.07) is 9.60. The number of carboxylic acids is 1. The summed E-state index contributed by atoms with van der Waals surface area (Å²) in [6.07, 6.45) is 0.689. The van der Waals surface area contributed by atoms with Gasteiger partial charge < -0.3 is 10.0 Å². The van der Waals surface area contributed by atoms with Gasteiger partial charge in [0.05, 0.1) is 5.56 Å². The van der Waals surface area contributed by atoms with E-state index in [9.17, 15) is 22.0 Å². The molecule has 0 atom stereocenters. The van der Waals surface area contributed by atoms with Gasteiger partial charge in [-0.25, -0.2) is 22.0 Å². The van der Waals surface area contributed by atoms with Crippen LogP contribution in [0.2, 0.25) is 0 Å². The molecule has 28 heavy (non-hydrogen) atoms. The molecular formula is C19H20F2N2O4S. The van der Waals surface area contributed by atoms with Gasteiger partial charge in [-0.3, -0.25) is 0 Å². The molecule has 0 unspecified atom stereocenters. The maximum Gasteiger partial charge on any atom is 0.335 e. The van der Waals surface area contributed by atoms with Gasteiger partial charge in [0, 0.05) is 32.7 Å². The number of benzene rings is 2. The first-order valence-corrected chi connectivity index (χ1v) is 10.2. The van der Waals surface area contributed by atoms with E-state index in [1.165, 1.54) is 0 Å². The zero-order chi connectivity index (χ0) is 20.3. The number of piperazine rings is 1. The van der Waals surface area contributed by atoms with E-state index in [0.29, 0.717) is 26.1 Å². The number of hydrogen-bond donors (Lipinski definition) is 1. The van der Waals surface area contributed by atoms with Crippen molar-refractivity contribution in [2.75, 3.05) is 32.7 Å². The quantitative estimate of drug-likeness (QED) is 0.790. The van der Waals surface area contributed by atoms with Crippen LogP contribution in [0, 0.1) is 11.6 Å². The Morgan fingerprint density at radius 2 is 1.54 bits per heavy atom. The van der Waals surface area contributed by atoms with Crippen LogP contribution in [0.5, 0.6) is 0 Å². The second kappa shape index (κ2) is 8.34. The van der Waals surface area contributed by atoms with Crippen LogP contribution in [0.25, 0.3) is 0 Å². The molecule has 6 nitrogen and oxygen atoms in total. The molecule has 150 valence electrons. The molecule has 1 N–H and O–H groups in total. The normalized spacial score (nSPS) is 16.2. The molecule has 0 spiro atoms. The van der Waals surface area contributed by atoms with Crippen molar-refractivity contribution in [2.45, 2.75) is 11.3 Å². The second-order valence-corrected chi connectivity index (χ2v) is 8.42. The predicted molar refractivity (Wildman–Crippen MR) is 98.7 cm³/mol. The molecule has 1 aliphatic heterocycles. The second-order valence-electron chi connectivity index (χ2n) is 6.55. The monoisotopic (exact) mass is 410 g/mol. The highest BCUT2D eigenvalue weighted by molar-refractivity contribution is 7.89. The third-order valence-electron chi connectivity index (χ3n) is 4.77. The van der Waals surface area contributed by atoms with E-state index in [-0.39, 0.29) is 18.7 Å². The SMILES string of the molecule is O=C(O)c1ccc(CCN2CCN(S(=O)(=O)c3c(F)cccc3F)CC2)cc1. The van der Waals surface area contributed by atoms with Crippen molar-refractivity contribution in [3.8, 4) is 0 Å². The minimum absolute atomic E-state index is 0.147. The van der Waals surface area contributed by atoms with E-state index in [1.54, 1.807) is 24.3 Å². The van der Waals surface area contributed by atoms with Crippen LogP contribution in [0.1, 0.15) is 15.9 Å². The average Bonchev–Trinajstić information content (AvgIpc) is 2.66. The molecule has 2 aromatic carbocycles. The molecule has 0 amide bonds. The summed E-state index contributed by atoms with van der Waals surface area (Å²) in [7, 11) is -4.23. The molecule has 2 aromatic rings. The van der Waals surface area contributed by atoms with Crippen molar-refractivity contribution in [3.63, 3.8) is 0 Å². The maximum atomic E-state index is 13.9. The Labute approximate surface area is 162 Å². The summed E-state index contributed by atoms with van der Waals surface area (Å²) >= 11 is 0. The Balaban J connectivity index is 1.57. The van der Waals surface area contributed by atoms with Crippen molar-refractivity contribution < 1.29 is 27.1 Å². The molecular weight excluding hydrogens is 390 g/mol. The molecule has 0 aliphatic carbocycles. The lowest BCUT2D eigenvalue weighted by atomic mass is 10.1. The van der Waals surface area contributed by atoms with Gasteiger partial charge in [-0.1, -0.05) is 18.2 Å². The third kappa shape index (κ3) is 4.37. The number of carbonyl (C=O) groups is 1. The lowest BCUT2D eigenvalue weighted by Gasteiger charge is -2.34. The topological polar surface area (TPSA) is 77.9 Å². The Morgan fingerprint density at radius 1 is 0.964 bits per heavy atom. The molecule has 0 radical (unpaired) electrons. The highest BCUT2D eigenvalue weighted by Crippen LogP contribution is 2.23. The van der Waals surface area contributed by atoms with E-state index >= 15 is 0 Å². The highest BCUT2D eigenvalue weighted by atomic mass is 32.2. The van der Waals surface area contributed by atoms with Crippen LogP contribution in [-0.4, -0.2) is 61.4 Å². The number of nitrogens with zero attached hydrogens (tertiary/aromatic N) is 2. The van der Waals surface area contributed by atoms with Crippen molar-refractivity contribution in [1.29, 1.82) is 0 Å². The Hall–Kier alpha value is -2.36. The number of sulfonamides is 1. The van der Waals surface area contributed by atoms with Crippen molar-refractivity contribution in [1.82, 2.24) is 9.21 Å². The van der Waals surface area contributed by atoms with Crippen LogP contribution in [0.15, 0.2) is 47.4 Å². The van der Waals surface area contributed by atoms with Gasteiger partial charge in [-0.05, 0) is 36.2 Å². The van der Waals surface area contributed by atoms with Gasteiger partial charge in [0.2, 0.25) is 10.0 Å². The lowest BCUT2D eigenvalue weighted by Crippen LogP contribution is -2.49. The van der Waals surface area contributed by atoms with E-state index in [4.69, 9.17) is 5.11 Å². The number of hydrogen-bond acceptors (Lipinski definition) is 4. The van der Waals surface area contributed by atoms with Crippen LogP contribution in [0.4, 0.5) is 8.78 Å². The summed E-state index contributed by atoms with van der Waals surface area (Å²) in [5, 5.41) is 8.91. The molecule has 0 saturated carbocycles. The molecule has 1 aliphatic rings. The first kappa shape index (κ1) is 20.4. The van der Waals surface area contributed by atoms with Crippen molar-refractivity contribution in [3.05, 3.63) is 65.2 Å². The van der Waals surface area contributed by atoms with E-state index in [1.807, 2.05) is 0 Å². The van der Waals surface area contributed by atoms with E-state index < -0.39 is 32.5 Å². The molecule has 1 heterocycles. The summed E-state index contributed by atoms with van der Waals surface area (Å²) < 4.78 is 54.0. The largest absolute Gasteiger partial charge is 0.478 e. The molecule has 0 bridgehead atoms. The fourth-order valence-electron chi connectivity index (χ4n) is 3.15. The maximum absolute atomic E-state index is 13.9. The zero-order valence-corrected chi connectivity index (χ0v) is 15.8. The average molecular weight is 410 g/mol. The summed E-state index contributed by atoms with van der Waals surface area (Å²) in [4.78, 5) is 12.0. The summed E-state index contributed by atoms with van der Waals surface area (Å²) in [5.74, 6) is -3.16. The fourth-order valence-corrected chi connectivity index (χ4v) is 4.68.